The predicted octanol–water partition coefficient (Wildman–Crippen LogP) is 0.905. The molecule has 0 spiro atoms. The lowest BCUT2D eigenvalue weighted by molar-refractivity contribution is 0.596. The van der Waals surface area contributed by atoms with Gasteiger partial charge in [-0.15, -0.1) is 0 Å². The first-order valence-corrected chi connectivity index (χ1v) is 10.8. The van der Waals surface area contributed by atoms with Crippen molar-refractivity contribution in [3.05, 3.63) is 0 Å². The molecule has 4 nitrogen and oxygen atoms in total. The highest BCUT2D eigenvalue weighted by atomic mass is 127. The van der Waals surface area contributed by atoms with Gasteiger partial charge in [0.1, 0.15) is 0 Å². The number of hydrogen-bond acceptors (Lipinski definition) is 4. The van der Waals surface area contributed by atoms with Gasteiger partial charge in [0.15, 0.2) is 0 Å². The zero-order valence-corrected chi connectivity index (χ0v) is 11.4. The van der Waals surface area contributed by atoms with Crippen molar-refractivity contribution in [3.8, 4) is 0 Å². The summed E-state index contributed by atoms with van der Waals surface area (Å²) in [6, 6.07) is 0. The highest BCUT2D eigenvalue weighted by Crippen LogP contribution is 2.15. The van der Waals surface area contributed by atoms with Crippen molar-refractivity contribution >= 4 is 56.4 Å². The summed E-state index contributed by atoms with van der Waals surface area (Å²) in [6.07, 6.45) is 0. The van der Waals surface area contributed by atoms with Gasteiger partial charge >= 0.3 is 0 Å². The average molecular weight is 424 g/mol. The Hall–Kier alpha value is 1.36. The Labute approximate surface area is 90.1 Å². The maximum absolute atomic E-state index is 10.7. The molecule has 0 rings (SSSR count). The Morgan fingerprint density at radius 1 is 1.18 bits per heavy atom. The van der Waals surface area contributed by atoms with E-state index >= 15 is 0 Å². The molecule has 0 amide bonds. The standard InChI is InChI=1S/C3H6I2O4S2/c1-3(11(5,8)9)2-10(4,6)7/h3H,2H2,1H3. The maximum Gasteiger partial charge on any atom is 0.206 e. The molecule has 0 fully saturated rings. The Kier molecular flexibility index (Phi) is 4.55. The number of halogens is 2. The second-order valence-electron chi connectivity index (χ2n) is 1.99. The van der Waals surface area contributed by atoms with Crippen LogP contribution < -0.4 is 0 Å². The van der Waals surface area contributed by atoms with Crippen molar-refractivity contribution in [2.24, 2.45) is 0 Å². The van der Waals surface area contributed by atoms with E-state index in [1.54, 1.807) is 0 Å². The fraction of sp³-hybridized carbons (Fsp3) is 1.00. The topological polar surface area (TPSA) is 68.3 Å². The van der Waals surface area contributed by atoms with Crippen LogP contribution in [0.2, 0.25) is 0 Å². The van der Waals surface area contributed by atoms with E-state index in [0.29, 0.717) is 0 Å². The van der Waals surface area contributed by atoms with Crippen LogP contribution in [0, 0.1) is 0 Å². The Morgan fingerprint density at radius 2 is 1.55 bits per heavy atom. The lowest BCUT2D eigenvalue weighted by atomic mass is 10.6. The molecule has 68 valence electrons. The molecule has 0 aliphatic rings. The summed E-state index contributed by atoms with van der Waals surface area (Å²) in [4.78, 5) is 0. The van der Waals surface area contributed by atoms with Crippen LogP contribution in [-0.4, -0.2) is 27.8 Å². The maximum atomic E-state index is 10.7. The van der Waals surface area contributed by atoms with Crippen molar-refractivity contribution < 1.29 is 16.8 Å². The van der Waals surface area contributed by atoms with Gasteiger partial charge in [0, 0.05) is 0 Å². The van der Waals surface area contributed by atoms with Gasteiger partial charge in [-0.2, -0.15) is 0 Å². The van der Waals surface area contributed by atoms with Gasteiger partial charge in [-0.25, -0.2) is 16.8 Å². The molecule has 0 heterocycles. The van der Waals surface area contributed by atoms with Crippen LogP contribution in [0.5, 0.6) is 0 Å². The van der Waals surface area contributed by atoms with Crippen LogP contribution in [0.1, 0.15) is 6.92 Å². The van der Waals surface area contributed by atoms with E-state index in [2.05, 4.69) is 0 Å². The summed E-state index contributed by atoms with van der Waals surface area (Å²) in [5, 5.41) is -0.829. The summed E-state index contributed by atoms with van der Waals surface area (Å²) in [6.45, 7) is 1.37. The van der Waals surface area contributed by atoms with E-state index in [9.17, 15) is 16.8 Å². The van der Waals surface area contributed by atoms with Crippen molar-refractivity contribution in [3.63, 3.8) is 0 Å². The summed E-state index contributed by atoms with van der Waals surface area (Å²) >= 11 is 2.48. The highest BCUT2D eigenvalue weighted by molar-refractivity contribution is 14.2. The first kappa shape index (κ1) is 12.4. The molecule has 0 bridgehead atoms. The SMILES string of the molecule is CC(CS(=O)(=O)I)S(=O)(=O)I. The van der Waals surface area contributed by atoms with Gasteiger partial charge in [0.2, 0.25) is 14.0 Å². The van der Waals surface area contributed by atoms with Crippen LogP contribution in [0.15, 0.2) is 0 Å². The fourth-order valence-corrected chi connectivity index (χ4v) is 5.78. The van der Waals surface area contributed by atoms with Crippen LogP contribution in [0.25, 0.3) is 0 Å². The van der Waals surface area contributed by atoms with Crippen molar-refractivity contribution in [2.75, 3.05) is 5.75 Å². The van der Waals surface area contributed by atoms with E-state index in [1.807, 2.05) is 0 Å². The number of hydrogen-bond donors (Lipinski definition) is 0. The quantitative estimate of drug-likeness (QED) is 0.499. The smallest absolute Gasteiger partial charge is 0.206 e. The molecule has 0 aliphatic heterocycles. The fourth-order valence-electron chi connectivity index (χ4n) is 0.362. The second kappa shape index (κ2) is 4.05. The van der Waals surface area contributed by atoms with Crippen molar-refractivity contribution in [1.29, 1.82) is 0 Å². The minimum atomic E-state index is -3.25. The van der Waals surface area contributed by atoms with Gasteiger partial charge in [0.05, 0.1) is 53.4 Å². The van der Waals surface area contributed by atoms with Gasteiger partial charge in [0.25, 0.3) is 0 Å². The number of rotatable bonds is 3. The molecule has 0 aliphatic carbocycles. The first-order chi connectivity index (χ1) is 4.63. The zero-order chi connectivity index (χ0) is 9.28. The lowest BCUT2D eigenvalue weighted by Crippen LogP contribution is -2.19. The molecule has 0 aromatic heterocycles. The van der Waals surface area contributed by atoms with Crippen molar-refractivity contribution in [2.45, 2.75) is 12.2 Å². The third-order valence-corrected chi connectivity index (χ3v) is 6.83. The van der Waals surface area contributed by atoms with Crippen LogP contribution >= 0.6 is 42.4 Å². The zero-order valence-electron chi connectivity index (χ0n) is 5.49. The molecule has 0 radical (unpaired) electrons. The molecule has 1 atom stereocenters. The molecular weight excluding hydrogens is 418 g/mol. The predicted molar refractivity (Wildman–Crippen MR) is 60.2 cm³/mol. The molecule has 0 aromatic carbocycles. The van der Waals surface area contributed by atoms with E-state index in [1.165, 1.54) is 49.3 Å². The largest absolute Gasteiger partial charge is 0.218 e. The first-order valence-electron chi connectivity index (χ1n) is 2.49. The lowest BCUT2D eigenvalue weighted by Gasteiger charge is -2.03. The van der Waals surface area contributed by atoms with E-state index in [0.717, 1.165) is 0 Å². The molecule has 0 saturated carbocycles. The van der Waals surface area contributed by atoms with E-state index in [-0.39, 0.29) is 5.75 Å². The van der Waals surface area contributed by atoms with Crippen LogP contribution in [-0.2, 0) is 14.0 Å². The average Bonchev–Trinajstić information content (AvgIpc) is 1.56. The highest BCUT2D eigenvalue weighted by Gasteiger charge is 2.22. The summed E-state index contributed by atoms with van der Waals surface area (Å²) < 4.78 is 42.7. The molecular formula is C3H6I2O4S2. The molecule has 0 N–H and O–H groups in total. The van der Waals surface area contributed by atoms with E-state index < -0.39 is 19.3 Å². The van der Waals surface area contributed by atoms with Gasteiger partial charge in [-0.05, 0) is 6.92 Å². The molecule has 0 aromatic rings. The Balaban J connectivity index is 4.47. The van der Waals surface area contributed by atoms with E-state index in [4.69, 9.17) is 0 Å². The Bertz CT molecular complexity index is 315. The summed E-state index contributed by atoms with van der Waals surface area (Å²) in [7, 11) is -6.47. The second-order valence-corrected chi connectivity index (χ2v) is 12.9. The Morgan fingerprint density at radius 3 is 1.64 bits per heavy atom. The van der Waals surface area contributed by atoms with Crippen molar-refractivity contribution in [1.82, 2.24) is 0 Å². The molecule has 11 heavy (non-hydrogen) atoms. The van der Waals surface area contributed by atoms with Gasteiger partial charge < -0.3 is 0 Å². The molecule has 0 saturated heterocycles. The van der Waals surface area contributed by atoms with Crippen LogP contribution in [0.3, 0.4) is 0 Å². The van der Waals surface area contributed by atoms with Crippen LogP contribution in [0.4, 0.5) is 0 Å². The molecule has 8 heteroatoms. The monoisotopic (exact) mass is 424 g/mol. The third-order valence-electron chi connectivity index (χ3n) is 0.914. The van der Waals surface area contributed by atoms with Gasteiger partial charge in [-0.3, -0.25) is 0 Å². The normalized spacial score (nSPS) is 16.3. The minimum absolute atomic E-state index is 0.321. The minimum Gasteiger partial charge on any atom is -0.218 e. The molecule has 1 unspecified atom stereocenters. The summed E-state index contributed by atoms with van der Waals surface area (Å²) in [5.74, 6) is -0.321. The third kappa shape index (κ3) is 6.51. The summed E-state index contributed by atoms with van der Waals surface area (Å²) in [5.41, 5.74) is 0. The van der Waals surface area contributed by atoms with Gasteiger partial charge in [-0.1, -0.05) is 0 Å².